The lowest BCUT2D eigenvalue weighted by atomic mass is 9.30. The topological polar surface area (TPSA) is 121 Å². The monoisotopic (exact) mass is 370 g/mol. The Morgan fingerprint density at radius 1 is 1.04 bits per heavy atom. The number of rotatable bonds is 4. The van der Waals surface area contributed by atoms with Crippen LogP contribution in [0.15, 0.2) is 33.7 Å². The van der Waals surface area contributed by atoms with Gasteiger partial charge in [0.05, 0.1) is 18.6 Å². The van der Waals surface area contributed by atoms with Crippen LogP contribution in [0.2, 0.25) is 0 Å². The Labute approximate surface area is 145 Å². The van der Waals surface area contributed by atoms with E-state index in [-0.39, 0.29) is 0 Å². The highest BCUT2D eigenvalue weighted by Gasteiger charge is 2.93. The summed E-state index contributed by atoms with van der Waals surface area (Å²) >= 11 is 2.70. The van der Waals surface area contributed by atoms with E-state index in [1.807, 2.05) is 0 Å². The molecule has 6 nitrogen and oxygen atoms in total. The predicted octanol–water partition coefficient (Wildman–Crippen LogP) is -0.388. The summed E-state index contributed by atoms with van der Waals surface area (Å²) in [5.41, 5.74) is -5.25. The number of hydrogen-bond donors (Lipinski definition) is 6. The smallest absolute Gasteiger partial charge is 0.138 e. The van der Waals surface area contributed by atoms with Crippen LogP contribution in [0.3, 0.4) is 0 Å². The average Bonchev–Trinajstić information content (AvgIpc) is 3.27. The van der Waals surface area contributed by atoms with Gasteiger partial charge in [-0.1, -0.05) is 0 Å². The zero-order chi connectivity index (χ0) is 17.3. The highest BCUT2D eigenvalue weighted by Crippen LogP contribution is 2.75. The maximum absolute atomic E-state index is 11.2. The minimum atomic E-state index is -2.18. The lowest BCUT2D eigenvalue weighted by Crippen LogP contribution is -2.99. The van der Waals surface area contributed by atoms with Crippen molar-refractivity contribution < 1.29 is 30.6 Å². The van der Waals surface area contributed by atoms with Crippen molar-refractivity contribution in [2.45, 2.75) is 40.8 Å². The van der Waals surface area contributed by atoms with Gasteiger partial charge in [0.2, 0.25) is 0 Å². The molecule has 2 heterocycles. The van der Waals surface area contributed by atoms with E-state index in [0.29, 0.717) is 11.1 Å². The Balaban J connectivity index is 1.86. The summed E-state index contributed by atoms with van der Waals surface area (Å²) < 4.78 is 0. The Morgan fingerprint density at radius 3 is 2.12 bits per heavy atom. The van der Waals surface area contributed by atoms with E-state index in [2.05, 4.69) is 0 Å². The van der Waals surface area contributed by atoms with Crippen molar-refractivity contribution in [1.82, 2.24) is 0 Å². The predicted molar refractivity (Wildman–Crippen MR) is 88.1 cm³/mol. The van der Waals surface area contributed by atoms with Crippen LogP contribution in [-0.2, 0) is 0 Å². The summed E-state index contributed by atoms with van der Waals surface area (Å²) in [5.74, 6) is -2.05. The number of thiophene rings is 2. The fraction of sp³-hybridized carbons (Fsp3) is 0.500. The van der Waals surface area contributed by atoms with E-state index in [1.54, 1.807) is 33.7 Å². The molecule has 2 fully saturated rings. The second-order valence-corrected chi connectivity index (χ2v) is 8.14. The molecule has 0 aliphatic heterocycles. The molecule has 24 heavy (non-hydrogen) atoms. The molecule has 2 saturated carbocycles. The summed E-state index contributed by atoms with van der Waals surface area (Å²) in [7, 11) is 0. The molecule has 0 saturated heterocycles. The standard InChI is InChI=1S/C16H18O6S2/c17-5-10(18)14(20)12(9-2-4-24-7-9)15(21)13(19)11(16(14,15)22)8-1-3-23-6-8/h1-4,6-7,10-13,17-22H,5H2/t10-,11?,12?,13?,14+,15+,16+/m1/s1. The molecular formula is C16H18O6S2. The number of aliphatic hydroxyl groups excluding tert-OH is 3. The molecule has 0 amide bonds. The van der Waals surface area contributed by atoms with Crippen LogP contribution in [0.25, 0.3) is 0 Å². The van der Waals surface area contributed by atoms with Gasteiger partial charge in [-0.05, 0) is 44.8 Å². The van der Waals surface area contributed by atoms with Gasteiger partial charge in [0.25, 0.3) is 0 Å². The first-order valence-electron chi connectivity index (χ1n) is 7.53. The van der Waals surface area contributed by atoms with E-state index >= 15 is 0 Å². The Bertz CT molecular complexity index is 732. The van der Waals surface area contributed by atoms with Crippen molar-refractivity contribution in [3.8, 4) is 0 Å². The Morgan fingerprint density at radius 2 is 1.62 bits per heavy atom. The van der Waals surface area contributed by atoms with Crippen LogP contribution < -0.4 is 0 Å². The fourth-order valence-corrected chi connectivity index (χ4v) is 6.09. The lowest BCUT2D eigenvalue weighted by molar-refractivity contribution is -0.459. The molecule has 2 aromatic rings. The van der Waals surface area contributed by atoms with Crippen LogP contribution in [0.5, 0.6) is 0 Å². The summed E-state index contributed by atoms with van der Waals surface area (Å²) in [4.78, 5) is 0. The molecule has 7 atom stereocenters. The van der Waals surface area contributed by atoms with E-state index in [0.717, 1.165) is 0 Å². The molecule has 2 aliphatic rings. The van der Waals surface area contributed by atoms with Crippen molar-refractivity contribution >= 4 is 22.7 Å². The first-order valence-corrected chi connectivity index (χ1v) is 9.42. The van der Waals surface area contributed by atoms with Gasteiger partial charge in [0.15, 0.2) is 0 Å². The minimum Gasteiger partial charge on any atom is -0.394 e. The molecule has 0 radical (unpaired) electrons. The van der Waals surface area contributed by atoms with Gasteiger partial charge in [-0.3, -0.25) is 0 Å². The van der Waals surface area contributed by atoms with Crippen molar-refractivity contribution in [2.75, 3.05) is 6.61 Å². The van der Waals surface area contributed by atoms with Gasteiger partial charge in [0, 0.05) is 5.92 Å². The molecule has 0 aromatic carbocycles. The Hall–Kier alpha value is -0.840. The Kier molecular flexibility index (Phi) is 3.52. The maximum atomic E-state index is 11.2. The van der Waals surface area contributed by atoms with Gasteiger partial charge < -0.3 is 30.6 Å². The highest BCUT2D eigenvalue weighted by molar-refractivity contribution is 7.08. The van der Waals surface area contributed by atoms with Crippen LogP contribution >= 0.6 is 22.7 Å². The molecule has 8 heteroatoms. The number of aliphatic hydroxyl groups is 6. The van der Waals surface area contributed by atoms with Crippen LogP contribution in [0.1, 0.15) is 23.0 Å². The molecule has 2 aromatic heterocycles. The largest absolute Gasteiger partial charge is 0.394 e. The molecular weight excluding hydrogens is 352 g/mol. The second-order valence-electron chi connectivity index (χ2n) is 6.58. The number of fused-ring (bicyclic) bond motifs is 1. The molecule has 0 bridgehead atoms. The summed E-state index contributed by atoms with van der Waals surface area (Å²) in [6, 6.07) is 3.35. The van der Waals surface area contributed by atoms with Gasteiger partial charge in [-0.15, -0.1) is 0 Å². The van der Waals surface area contributed by atoms with Gasteiger partial charge in [-0.2, -0.15) is 22.7 Å². The maximum Gasteiger partial charge on any atom is 0.138 e. The molecule has 3 unspecified atom stereocenters. The van der Waals surface area contributed by atoms with Crippen LogP contribution in [0.4, 0.5) is 0 Å². The SMILES string of the molecule is OC[C@@H](O)[C@]1(O)C(c2ccsc2)[C@]2(O)C(O)C(c3ccsc3)[C@@]21O. The molecule has 2 aliphatic carbocycles. The third kappa shape index (κ3) is 1.52. The first-order chi connectivity index (χ1) is 11.3. The zero-order valence-electron chi connectivity index (χ0n) is 12.5. The summed E-state index contributed by atoms with van der Waals surface area (Å²) in [5, 5.41) is 70.6. The third-order valence-corrected chi connectivity index (χ3v) is 7.18. The zero-order valence-corrected chi connectivity index (χ0v) is 14.1. The highest BCUT2D eigenvalue weighted by atomic mass is 32.1. The average molecular weight is 370 g/mol. The second kappa shape index (κ2) is 5.09. The van der Waals surface area contributed by atoms with Crippen molar-refractivity contribution in [3.05, 3.63) is 44.8 Å². The van der Waals surface area contributed by atoms with Crippen LogP contribution in [-0.4, -0.2) is 66.3 Å². The summed E-state index contributed by atoms with van der Waals surface area (Å²) in [6.07, 6.45) is -2.96. The van der Waals surface area contributed by atoms with Gasteiger partial charge in [-0.25, -0.2) is 0 Å². The molecule has 4 rings (SSSR count). The minimum absolute atomic E-state index is 0.505. The fourth-order valence-electron chi connectivity index (χ4n) is 4.71. The molecule has 130 valence electrons. The van der Waals surface area contributed by atoms with Gasteiger partial charge >= 0.3 is 0 Å². The quantitative estimate of drug-likeness (QED) is 0.436. The van der Waals surface area contributed by atoms with Crippen molar-refractivity contribution in [2.24, 2.45) is 0 Å². The normalized spacial score (nSPS) is 45.2. The molecule has 6 N–H and O–H groups in total. The number of hydrogen-bond acceptors (Lipinski definition) is 8. The summed E-state index contributed by atoms with van der Waals surface area (Å²) in [6.45, 7) is -0.776. The van der Waals surface area contributed by atoms with E-state index in [4.69, 9.17) is 0 Å². The lowest BCUT2D eigenvalue weighted by Gasteiger charge is -2.80. The van der Waals surface area contributed by atoms with E-state index < -0.39 is 47.5 Å². The first kappa shape index (κ1) is 16.6. The van der Waals surface area contributed by atoms with Crippen molar-refractivity contribution in [3.63, 3.8) is 0 Å². The van der Waals surface area contributed by atoms with E-state index in [1.165, 1.54) is 22.7 Å². The van der Waals surface area contributed by atoms with Crippen LogP contribution in [0, 0.1) is 0 Å². The molecule has 0 spiro atoms. The van der Waals surface area contributed by atoms with Crippen molar-refractivity contribution in [1.29, 1.82) is 0 Å². The van der Waals surface area contributed by atoms with Gasteiger partial charge in [0.1, 0.15) is 22.9 Å². The third-order valence-electron chi connectivity index (χ3n) is 5.78. The van der Waals surface area contributed by atoms with E-state index in [9.17, 15) is 30.6 Å².